The Labute approximate surface area is 356 Å². The van der Waals surface area contributed by atoms with Crippen molar-refractivity contribution >= 4 is 23.8 Å². The van der Waals surface area contributed by atoms with Gasteiger partial charge in [0.05, 0.1) is 11.9 Å². The van der Waals surface area contributed by atoms with E-state index in [1.54, 1.807) is 18.9 Å². The molecule has 1 aliphatic rings. The largest absolute Gasteiger partial charge is 0.497 e. The van der Waals surface area contributed by atoms with Gasteiger partial charge in [-0.2, -0.15) is 0 Å². The molecule has 0 fully saturated rings. The van der Waals surface area contributed by atoms with Crippen molar-refractivity contribution in [3.8, 4) is 16.9 Å². The number of amides is 1. The first kappa shape index (κ1) is 40.2. The fraction of sp³-hybridized carbons (Fsp3) is 0.170. The van der Waals surface area contributed by atoms with E-state index in [0.717, 1.165) is 66.9 Å². The van der Waals surface area contributed by atoms with Crippen LogP contribution in [0.5, 0.6) is 5.75 Å². The summed E-state index contributed by atoms with van der Waals surface area (Å²) in [5, 5.41) is 2.98. The molecule has 1 N–H and O–H groups in total. The van der Waals surface area contributed by atoms with Gasteiger partial charge in [0, 0.05) is 11.7 Å². The number of ether oxygens (including phenoxy) is 3. The smallest absolute Gasteiger partial charge is 0.407 e. The van der Waals surface area contributed by atoms with Gasteiger partial charge in [-0.3, -0.25) is 0 Å². The molecular weight excluding hydrogens is 763 g/mol. The van der Waals surface area contributed by atoms with Crippen LogP contribution >= 0.6 is 11.8 Å². The Morgan fingerprint density at radius 3 is 1.57 bits per heavy atom. The minimum atomic E-state index is -1.10. The molecule has 0 radical (unpaired) electrons. The monoisotopic (exact) mass is 809 g/mol. The molecule has 0 bridgehead atoms. The summed E-state index contributed by atoms with van der Waals surface area (Å²) in [6.45, 7) is 4.15. The van der Waals surface area contributed by atoms with E-state index in [4.69, 9.17) is 14.2 Å². The van der Waals surface area contributed by atoms with Crippen LogP contribution in [0.25, 0.3) is 11.1 Å². The number of alkyl carbamates (subject to hydrolysis) is 1. The molecule has 1 aliphatic carbocycles. The second kappa shape index (κ2) is 18.1. The molecule has 7 heteroatoms. The SMILES string of the molecule is COc1ccc(C(SC[C@H](NC(=O)OCC2c3ccccc3-c3ccccc32)C(=O)OC(c2ccc(C)cc2)c2ccc(C)cc2)(c2ccccc2)c2ccccc2)cc1. The Balaban J connectivity index is 1.15. The lowest BCUT2D eigenvalue weighted by molar-refractivity contribution is -0.149. The molecule has 8 rings (SSSR count). The second-order valence-electron chi connectivity index (χ2n) is 15.1. The lowest BCUT2D eigenvalue weighted by atomic mass is 9.84. The Hall–Kier alpha value is -6.57. The number of hydrogen-bond donors (Lipinski definition) is 1. The molecule has 1 amide bonds. The third-order valence-corrected chi connectivity index (χ3v) is 12.9. The van der Waals surface area contributed by atoms with Crippen LogP contribution < -0.4 is 10.1 Å². The van der Waals surface area contributed by atoms with E-state index in [2.05, 4.69) is 66.0 Å². The Bertz CT molecular complexity index is 2410. The van der Waals surface area contributed by atoms with Crippen LogP contribution in [0.2, 0.25) is 0 Å². The predicted molar refractivity (Wildman–Crippen MR) is 241 cm³/mol. The highest BCUT2D eigenvalue weighted by Crippen LogP contribution is 2.49. The number of methoxy groups -OCH3 is 1. The summed E-state index contributed by atoms with van der Waals surface area (Å²) in [7, 11) is 1.65. The normalized spacial score (nSPS) is 12.6. The van der Waals surface area contributed by atoms with E-state index >= 15 is 0 Å². The molecule has 7 aromatic rings. The number of nitrogens with one attached hydrogen (secondary N) is 1. The van der Waals surface area contributed by atoms with Crippen LogP contribution in [-0.4, -0.2) is 37.6 Å². The summed E-state index contributed by atoms with van der Waals surface area (Å²) >= 11 is 1.56. The van der Waals surface area contributed by atoms with E-state index in [1.807, 2.05) is 135 Å². The molecule has 0 aliphatic heterocycles. The Kier molecular flexibility index (Phi) is 12.2. The van der Waals surface area contributed by atoms with Gasteiger partial charge >= 0.3 is 12.1 Å². The first-order chi connectivity index (χ1) is 29.3. The number of benzene rings is 7. The topological polar surface area (TPSA) is 73.9 Å². The third-order valence-electron chi connectivity index (χ3n) is 11.2. The molecule has 0 heterocycles. The Morgan fingerprint density at radius 2 is 1.07 bits per heavy atom. The standard InChI is InChI=1S/C53H47NO5S/c1-36-22-26-38(27-23-36)50(39-28-24-37(2)25-29-39)59-51(55)49(54-52(56)58-34-48-46-20-12-10-18-44(46)45-19-11-13-21-47(45)48)35-60-53(40-14-6-4-7-15-40,41-16-8-5-9-17-41)42-30-32-43(57-3)33-31-42/h4-33,48-50H,34-35H2,1-3H3,(H,54,56)/t49-/m0/s1. The van der Waals surface area contributed by atoms with Crippen molar-refractivity contribution in [2.75, 3.05) is 19.5 Å². The van der Waals surface area contributed by atoms with Crippen LogP contribution in [0.4, 0.5) is 4.79 Å². The van der Waals surface area contributed by atoms with Crippen LogP contribution in [0.15, 0.2) is 182 Å². The molecule has 0 aromatic heterocycles. The number of thioether (sulfide) groups is 1. The fourth-order valence-corrected chi connectivity index (χ4v) is 9.63. The average molecular weight is 810 g/mol. The summed E-state index contributed by atoms with van der Waals surface area (Å²) in [4.78, 5) is 28.9. The first-order valence-electron chi connectivity index (χ1n) is 20.2. The highest BCUT2D eigenvalue weighted by molar-refractivity contribution is 8.00. The van der Waals surface area contributed by atoms with Gasteiger partial charge in [0.1, 0.15) is 18.4 Å². The van der Waals surface area contributed by atoms with Gasteiger partial charge < -0.3 is 19.5 Å². The summed E-state index contributed by atoms with van der Waals surface area (Å²) in [5.41, 5.74) is 11.3. The number of fused-ring (bicyclic) bond motifs is 3. The fourth-order valence-electron chi connectivity index (χ4n) is 8.09. The van der Waals surface area contributed by atoms with Crippen molar-refractivity contribution in [3.63, 3.8) is 0 Å². The number of rotatable bonds is 14. The zero-order chi connectivity index (χ0) is 41.5. The van der Waals surface area contributed by atoms with Crippen LogP contribution in [0, 0.1) is 13.8 Å². The number of carbonyl (C=O) groups excluding carboxylic acids is 2. The number of esters is 1. The minimum absolute atomic E-state index is 0.105. The molecule has 7 aromatic carbocycles. The lowest BCUT2D eigenvalue weighted by Crippen LogP contribution is -2.45. The van der Waals surface area contributed by atoms with Crippen molar-refractivity contribution in [1.82, 2.24) is 5.32 Å². The van der Waals surface area contributed by atoms with Crippen LogP contribution in [0.3, 0.4) is 0 Å². The molecule has 1 atom stereocenters. The van der Waals surface area contributed by atoms with Gasteiger partial charge in [-0.1, -0.05) is 181 Å². The molecule has 0 unspecified atom stereocenters. The number of aryl methyl sites for hydroxylation is 2. The second-order valence-corrected chi connectivity index (χ2v) is 16.3. The highest BCUT2D eigenvalue weighted by atomic mass is 32.2. The van der Waals surface area contributed by atoms with Gasteiger partial charge in [-0.15, -0.1) is 11.8 Å². The van der Waals surface area contributed by atoms with E-state index < -0.39 is 29.0 Å². The van der Waals surface area contributed by atoms with Gasteiger partial charge in [-0.25, -0.2) is 9.59 Å². The van der Waals surface area contributed by atoms with Crippen LogP contribution in [0.1, 0.15) is 62.1 Å². The first-order valence-corrected chi connectivity index (χ1v) is 21.2. The van der Waals surface area contributed by atoms with Crippen LogP contribution in [-0.2, 0) is 19.0 Å². The summed E-state index contributed by atoms with van der Waals surface area (Å²) in [6, 6.07) is 59.8. The van der Waals surface area contributed by atoms with E-state index in [9.17, 15) is 9.59 Å². The molecule has 60 heavy (non-hydrogen) atoms. The third kappa shape index (κ3) is 8.45. The zero-order valence-electron chi connectivity index (χ0n) is 33.9. The van der Waals surface area contributed by atoms with E-state index in [0.29, 0.717) is 0 Å². The van der Waals surface area contributed by atoms with Crippen molar-refractivity contribution < 1.29 is 23.8 Å². The van der Waals surface area contributed by atoms with Crippen molar-refractivity contribution in [2.45, 2.75) is 36.7 Å². The van der Waals surface area contributed by atoms with Gasteiger partial charge in [-0.05, 0) is 76.1 Å². The Morgan fingerprint density at radius 1 is 0.600 bits per heavy atom. The van der Waals surface area contributed by atoms with Gasteiger partial charge in [0.25, 0.3) is 0 Å². The zero-order valence-corrected chi connectivity index (χ0v) is 34.7. The van der Waals surface area contributed by atoms with Gasteiger partial charge in [0.15, 0.2) is 6.10 Å². The van der Waals surface area contributed by atoms with E-state index in [-0.39, 0.29) is 18.3 Å². The number of hydrogen-bond acceptors (Lipinski definition) is 6. The van der Waals surface area contributed by atoms with Crippen molar-refractivity contribution in [2.24, 2.45) is 0 Å². The van der Waals surface area contributed by atoms with E-state index in [1.165, 1.54) is 0 Å². The number of carbonyl (C=O) groups is 2. The maximum atomic E-state index is 14.8. The molecule has 300 valence electrons. The van der Waals surface area contributed by atoms with Crippen molar-refractivity contribution in [3.05, 3.63) is 232 Å². The average Bonchev–Trinajstić information content (AvgIpc) is 3.62. The van der Waals surface area contributed by atoms with Crippen molar-refractivity contribution in [1.29, 1.82) is 0 Å². The summed E-state index contributed by atoms with van der Waals surface area (Å²) in [6.07, 6.45) is -1.42. The summed E-state index contributed by atoms with van der Waals surface area (Å²) in [5.74, 6) is 0.157. The maximum Gasteiger partial charge on any atom is 0.407 e. The minimum Gasteiger partial charge on any atom is -0.497 e. The molecule has 0 spiro atoms. The molecule has 6 nitrogen and oxygen atoms in total. The molecule has 0 saturated carbocycles. The maximum absolute atomic E-state index is 14.8. The summed E-state index contributed by atoms with van der Waals surface area (Å²) < 4.78 is 17.3. The molecular formula is C53H47NO5S. The van der Waals surface area contributed by atoms with Gasteiger partial charge in [0.2, 0.25) is 0 Å². The predicted octanol–water partition coefficient (Wildman–Crippen LogP) is 11.6. The highest BCUT2D eigenvalue weighted by Gasteiger charge is 2.40. The molecule has 0 saturated heterocycles. The lowest BCUT2D eigenvalue weighted by Gasteiger charge is -2.36. The quantitative estimate of drug-likeness (QED) is 0.0871.